The fraction of sp³-hybridized carbons (Fsp3) is 0.714. The van der Waals surface area contributed by atoms with Gasteiger partial charge in [-0.3, -0.25) is 0 Å². The van der Waals surface area contributed by atoms with Gasteiger partial charge in [-0.2, -0.15) is 0 Å². The minimum atomic E-state index is 0.543. The Hall–Kier alpha value is -0.870. The summed E-state index contributed by atoms with van der Waals surface area (Å²) in [5, 5.41) is 3.92. The summed E-state index contributed by atoms with van der Waals surface area (Å²) in [4.78, 5) is 11.1. The molecule has 4 nitrogen and oxygen atoms in total. The zero-order chi connectivity index (χ0) is 13.8. The van der Waals surface area contributed by atoms with Gasteiger partial charge in [-0.25, -0.2) is 9.97 Å². The summed E-state index contributed by atoms with van der Waals surface area (Å²) in [6.45, 7) is 10.5. The molecule has 0 unspecified atom stereocenters. The van der Waals surface area contributed by atoms with Gasteiger partial charge in [0.2, 0.25) is 0 Å². The molecule has 0 amide bonds. The molecule has 106 valence electrons. The summed E-state index contributed by atoms with van der Waals surface area (Å²) in [5.41, 5.74) is 0.930. The van der Waals surface area contributed by atoms with Crippen molar-refractivity contribution in [1.29, 1.82) is 0 Å². The van der Waals surface area contributed by atoms with Gasteiger partial charge < -0.3 is 10.2 Å². The summed E-state index contributed by atoms with van der Waals surface area (Å²) >= 11 is 6.06. The largest absolute Gasteiger partial charge is 0.368 e. The van der Waals surface area contributed by atoms with E-state index in [0.717, 1.165) is 30.4 Å². The monoisotopic (exact) mass is 282 g/mol. The van der Waals surface area contributed by atoms with Crippen molar-refractivity contribution >= 4 is 17.4 Å². The third-order valence-electron chi connectivity index (χ3n) is 3.79. The standard InChI is InChI=1S/C14H23ClN4/c1-10-4-7-19(8-5-10)9-6-16-14-11(2)13(15)17-12(3)18-14/h10H,4-9H2,1-3H3,(H,16,17,18). The predicted octanol–water partition coefficient (Wildman–Crippen LogP) is 2.89. The van der Waals surface area contributed by atoms with Crippen LogP contribution < -0.4 is 5.32 Å². The Morgan fingerprint density at radius 3 is 2.63 bits per heavy atom. The first-order chi connectivity index (χ1) is 9.06. The van der Waals surface area contributed by atoms with Crippen molar-refractivity contribution in [2.24, 2.45) is 5.92 Å². The van der Waals surface area contributed by atoms with Crippen molar-refractivity contribution in [2.45, 2.75) is 33.6 Å². The topological polar surface area (TPSA) is 41.1 Å². The number of likely N-dealkylation sites (tertiary alicyclic amines) is 1. The van der Waals surface area contributed by atoms with Crippen molar-refractivity contribution in [3.05, 3.63) is 16.5 Å². The lowest BCUT2D eigenvalue weighted by molar-refractivity contribution is 0.199. The molecule has 1 saturated heterocycles. The molecule has 1 aromatic heterocycles. The average molecular weight is 283 g/mol. The maximum atomic E-state index is 6.06. The molecule has 0 radical (unpaired) electrons. The molecule has 0 bridgehead atoms. The zero-order valence-electron chi connectivity index (χ0n) is 12.0. The van der Waals surface area contributed by atoms with Crippen LogP contribution in [0.3, 0.4) is 0 Å². The van der Waals surface area contributed by atoms with E-state index < -0.39 is 0 Å². The van der Waals surface area contributed by atoms with E-state index in [-0.39, 0.29) is 0 Å². The molecule has 0 saturated carbocycles. The number of halogens is 1. The Kier molecular flexibility index (Phi) is 4.99. The van der Waals surface area contributed by atoms with Crippen LogP contribution in [0.1, 0.15) is 31.2 Å². The Bertz CT molecular complexity index is 428. The molecular formula is C14H23ClN4. The minimum absolute atomic E-state index is 0.543. The van der Waals surface area contributed by atoms with Crippen LogP contribution in [0.2, 0.25) is 5.15 Å². The number of piperidine rings is 1. The lowest BCUT2D eigenvalue weighted by atomic mass is 9.99. The van der Waals surface area contributed by atoms with Crippen LogP contribution in [0.4, 0.5) is 5.82 Å². The number of aromatic nitrogens is 2. The SMILES string of the molecule is Cc1nc(Cl)c(C)c(NCCN2CCC(C)CC2)n1. The Morgan fingerprint density at radius 1 is 1.26 bits per heavy atom. The first-order valence-corrected chi connectivity index (χ1v) is 7.41. The van der Waals surface area contributed by atoms with Gasteiger partial charge in [-0.05, 0) is 45.7 Å². The van der Waals surface area contributed by atoms with E-state index in [1.54, 1.807) is 0 Å². The molecule has 2 heterocycles. The average Bonchev–Trinajstić information content (AvgIpc) is 2.37. The molecule has 1 aliphatic heterocycles. The first-order valence-electron chi connectivity index (χ1n) is 7.03. The van der Waals surface area contributed by atoms with Crippen molar-refractivity contribution < 1.29 is 0 Å². The Balaban J connectivity index is 1.83. The lowest BCUT2D eigenvalue weighted by Crippen LogP contribution is -2.36. The smallest absolute Gasteiger partial charge is 0.137 e. The Morgan fingerprint density at radius 2 is 1.95 bits per heavy atom. The summed E-state index contributed by atoms with van der Waals surface area (Å²) in [6, 6.07) is 0. The lowest BCUT2D eigenvalue weighted by Gasteiger charge is -2.30. The van der Waals surface area contributed by atoms with E-state index in [9.17, 15) is 0 Å². The van der Waals surface area contributed by atoms with Gasteiger partial charge in [0.05, 0.1) is 0 Å². The van der Waals surface area contributed by atoms with Gasteiger partial charge in [0.15, 0.2) is 0 Å². The number of rotatable bonds is 4. The highest BCUT2D eigenvalue weighted by atomic mass is 35.5. The second kappa shape index (κ2) is 6.53. The van der Waals surface area contributed by atoms with Crippen LogP contribution in [0, 0.1) is 19.8 Å². The highest BCUT2D eigenvalue weighted by molar-refractivity contribution is 6.30. The predicted molar refractivity (Wildman–Crippen MR) is 79.8 cm³/mol. The van der Waals surface area contributed by atoms with Crippen LogP contribution in [0.25, 0.3) is 0 Å². The second-order valence-corrected chi connectivity index (χ2v) is 5.84. The van der Waals surface area contributed by atoms with Crippen molar-refractivity contribution in [1.82, 2.24) is 14.9 Å². The second-order valence-electron chi connectivity index (χ2n) is 5.49. The quantitative estimate of drug-likeness (QED) is 0.862. The number of hydrogen-bond acceptors (Lipinski definition) is 4. The van der Waals surface area contributed by atoms with E-state index in [2.05, 4.69) is 27.1 Å². The van der Waals surface area contributed by atoms with Crippen LogP contribution in [-0.2, 0) is 0 Å². The van der Waals surface area contributed by atoms with Gasteiger partial charge in [-0.15, -0.1) is 0 Å². The molecule has 1 N–H and O–H groups in total. The van der Waals surface area contributed by atoms with Gasteiger partial charge in [-0.1, -0.05) is 18.5 Å². The minimum Gasteiger partial charge on any atom is -0.368 e. The third kappa shape index (κ3) is 4.05. The molecule has 1 aromatic rings. The van der Waals surface area contributed by atoms with E-state index in [0.29, 0.717) is 11.0 Å². The van der Waals surface area contributed by atoms with Crippen molar-refractivity contribution in [2.75, 3.05) is 31.5 Å². The molecular weight excluding hydrogens is 260 g/mol. The maximum Gasteiger partial charge on any atom is 0.137 e. The molecule has 0 atom stereocenters. The fourth-order valence-electron chi connectivity index (χ4n) is 2.38. The first kappa shape index (κ1) is 14.5. The maximum absolute atomic E-state index is 6.06. The molecule has 2 rings (SSSR count). The summed E-state index contributed by atoms with van der Waals surface area (Å²) in [6.07, 6.45) is 2.63. The molecule has 5 heteroatoms. The number of aryl methyl sites for hydroxylation is 1. The summed E-state index contributed by atoms with van der Waals surface area (Å²) < 4.78 is 0. The van der Waals surface area contributed by atoms with Gasteiger partial charge in [0.25, 0.3) is 0 Å². The number of nitrogens with zero attached hydrogens (tertiary/aromatic N) is 3. The fourth-order valence-corrected chi connectivity index (χ4v) is 2.60. The van der Waals surface area contributed by atoms with Crippen LogP contribution in [0.5, 0.6) is 0 Å². The van der Waals surface area contributed by atoms with Crippen LogP contribution in [-0.4, -0.2) is 41.0 Å². The van der Waals surface area contributed by atoms with E-state index in [1.807, 2.05) is 13.8 Å². The van der Waals surface area contributed by atoms with Gasteiger partial charge in [0, 0.05) is 18.7 Å². The zero-order valence-corrected chi connectivity index (χ0v) is 12.8. The van der Waals surface area contributed by atoms with E-state index in [4.69, 9.17) is 11.6 Å². The molecule has 0 aliphatic carbocycles. The number of nitrogens with one attached hydrogen (secondary N) is 1. The summed E-state index contributed by atoms with van der Waals surface area (Å²) in [7, 11) is 0. The Labute approximate surface area is 120 Å². The highest BCUT2D eigenvalue weighted by Crippen LogP contribution is 2.19. The van der Waals surface area contributed by atoms with E-state index >= 15 is 0 Å². The number of hydrogen-bond donors (Lipinski definition) is 1. The summed E-state index contributed by atoms with van der Waals surface area (Å²) in [5.74, 6) is 2.46. The molecule has 19 heavy (non-hydrogen) atoms. The molecule has 1 aliphatic rings. The molecule has 0 spiro atoms. The van der Waals surface area contributed by atoms with Crippen LogP contribution in [0.15, 0.2) is 0 Å². The van der Waals surface area contributed by atoms with Gasteiger partial charge in [0.1, 0.15) is 16.8 Å². The van der Waals surface area contributed by atoms with Crippen molar-refractivity contribution in [3.8, 4) is 0 Å². The van der Waals surface area contributed by atoms with Crippen molar-refractivity contribution in [3.63, 3.8) is 0 Å². The normalized spacial score (nSPS) is 17.7. The van der Waals surface area contributed by atoms with Gasteiger partial charge >= 0.3 is 0 Å². The molecule has 0 aromatic carbocycles. The van der Waals surface area contributed by atoms with E-state index in [1.165, 1.54) is 25.9 Å². The van der Waals surface area contributed by atoms with Crippen LogP contribution >= 0.6 is 11.6 Å². The highest BCUT2D eigenvalue weighted by Gasteiger charge is 2.15. The molecule has 1 fully saturated rings. The third-order valence-corrected chi connectivity index (χ3v) is 4.16. The number of anilines is 1.